The number of benzene rings is 16. The maximum Gasteiger partial charge on any atom is 0.492 e. The second kappa shape index (κ2) is 26.4. The van der Waals surface area contributed by atoms with E-state index in [9.17, 15) is 10.0 Å². The first-order valence-corrected chi connectivity index (χ1v) is 41.1. The molecule has 108 heavy (non-hydrogen) atoms. The number of rotatable bonds is 8. The van der Waals surface area contributed by atoms with Gasteiger partial charge in [0.15, 0.2) is 16.1 Å². The molecule has 0 aliphatic carbocycles. The second-order valence-corrected chi connectivity index (χ2v) is 35.9. The van der Waals surface area contributed by atoms with Gasteiger partial charge in [-0.2, -0.15) is 0 Å². The topological polar surface area (TPSA) is 95.1 Å². The lowest BCUT2D eigenvalue weighted by molar-refractivity contribution is 0.421. The Kier molecular flexibility index (Phi) is 15.8. The minimum absolute atomic E-state index is 0.390. The molecule has 12 heteroatoms. The molecule has 0 atom stereocenters. The first-order valence-electron chi connectivity index (χ1n) is 36.3. The maximum atomic E-state index is 10.0. The third-order valence-electron chi connectivity index (χ3n) is 21.9. The van der Waals surface area contributed by atoms with Gasteiger partial charge in [-0.15, -0.1) is 0 Å². The molecule has 0 radical (unpaired) electrons. The van der Waals surface area contributed by atoms with Crippen LogP contribution in [0.15, 0.2) is 389 Å². The van der Waals surface area contributed by atoms with Gasteiger partial charge in [-0.05, 0) is 136 Å². The van der Waals surface area contributed by atoms with Crippen molar-refractivity contribution in [3.63, 3.8) is 0 Å². The van der Waals surface area contributed by atoms with Crippen LogP contribution in [0, 0.1) is 0 Å². The second-order valence-electron chi connectivity index (χ2n) is 27.5. The molecule has 6 heterocycles. The summed E-state index contributed by atoms with van der Waals surface area (Å²) in [6.07, 6.45) is 0. The van der Waals surface area contributed by atoms with Crippen molar-refractivity contribution in [2.75, 3.05) is 0 Å². The maximum absolute atomic E-state index is 10.0. The summed E-state index contributed by atoms with van der Waals surface area (Å²) in [6.45, 7) is 0. The molecular weight excluding hydrogens is 1420 g/mol. The van der Waals surface area contributed by atoms with Gasteiger partial charge in [-0.3, -0.25) is 0 Å². The standard InChI is InChI=1S/C48H31NO2Si.C24H19BO3Si.C24H14BrNO/c1-3-15-33(16-4-1)52(34-17-5-2-6-18-34)45-27-12-11-26-44(45)51-48-38(23-14-28-46(48)52)37-21-13-22-39-40-31-32(29-30-43(40)50-47(37)39)49-41-24-9-7-19-35(41)36-20-8-10-25-42(36)49;26-25(27)20-14-9-17-23-24(20)28-21-15-7-8-16-22(21)29(23,18-10-3-1-4-11-18)19-12-5-2-6-13-19;25-20-9-5-8-18-19-14-15(12-13-23(19)27-24(18)20)26-21-10-3-1-6-16(21)17-7-2-4-11-22(17)26/h1-31H;1-17,26-27H;1-14H. The fraction of sp³-hybridized carbons (Fsp3) is 0. The summed E-state index contributed by atoms with van der Waals surface area (Å²) in [4.78, 5) is 0. The highest BCUT2D eigenvalue weighted by Crippen LogP contribution is 2.44. The molecule has 2 aliphatic heterocycles. The molecule has 16 aromatic carbocycles. The fourth-order valence-electron chi connectivity index (χ4n) is 17.3. The van der Waals surface area contributed by atoms with E-state index in [4.69, 9.17) is 18.3 Å². The van der Waals surface area contributed by atoms with Crippen molar-refractivity contribution < 1.29 is 28.4 Å². The Labute approximate surface area is 632 Å². The highest BCUT2D eigenvalue weighted by molar-refractivity contribution is 9.10. The average Bonchev–Trinajstić information content (AvgIpc) is 1.10. The molecule has 512 valence electrons. The zero-order valence-corrected chi connectivity index (χ0v) is 61.8. The monoisotopic (exact) mass is 1490 g/mol. The van der Waals surface area contributed by atoms with Crippen LogP contribution in [-0.2, 0) is 0 Å². The molecule has 22 rings (SSSR count). The van der Waals surface area contributed by atoms with Crippen LogP contribution in [0.4, 0.5) is 0 Å². The van der Waals surface area contributed by atoms with Crippen molar-refractivity contribution >= 4 is 174 Å². The number of fused-ring (bicyclic) bond motifs is 16. The quantitative estimate of drug-likeness (QED) is 0.147. The van der Waals surface area contributed by atoms with Gasteiger partial charge < -0.3 is 37.5 Å². The lowest BCUT2D eigenvalue weighted by Crippen LogP contribution is -2.76. The van der Waals surface area contributed by atoms with Crippen molar-refractivity contribution in [1.82, 2.24) is 9.13 Å². The number of halogens is 1. The normalized spacial score (nSPS) is 13.1. The van der Waals surface area contributed by atoms with Crippen LogP contribution in [-0.4, -0.2) is 42.4 Å². The molecule has 8 nitrogen and oxygen atoms in total. The summed E-state index contributed by atoms with van der Waals surface area (Å²) < 4.78 is 31.9. The van der Waals surface area contributed by atoms with Gasteiger partial charge in [0.05, 0.1) is 26.5 Å². The summed E-state index contributed by atoms with van der Waals surface area (Å²) >= 11 is 3.60. The van der Waals surface area contributed by atoms with Crippen LogP contribution >= 0.6 is 15.9 Å². The van der Waals surface area contributed by atoms with Gasteiger partial charge in [0.1, 0.15) is 45.3 Å². The minimum atomic E-state index is -2.78. The lowest BCUT2D eigenvalue weighted by Gasteiger charge is -2.40. The Morgan fingerprint density at radius 3 is 1.08 bits per heavy atom. The van der Waals surface area contributed by atoms with Crippen LogP contribution in [0.1, 0.15) is 0 Å². The summed E-state index contributed by atoms with van der Waals surface area (Å²) in [5.74, 6) is 3.14. The van der Waals surface area contributed by atoms with Crippen LogP contribution in [0.2, 0.25) is 0 Å². The van der Waals surface area contributed by atoms with Gasteiger partial charge in [-0.1, -0.05) is 297 Å². The first kappa shape index (κ1) is 64.8. The van der Waals surface area contributed by atoms with Gasteiger partial charge in [-0.25, -0.2) is 0 Å². The van der Waals surface area contributed by atoms with Crippen molar-refractivity contribution in [2.24, 2.45) is 0 Å². The molecular formula is C96H64BBrN2O6Si2. The smallest absolute Gasteiger partial charge is 0.458 e. The van der Waals surface area contributed by atoms with E-state index in [1.165, 1.54) is 74.7 Å². The molecule has 0 saturated heterocycles. The molecule has 0 spiro atoms. The summed E-state index contributed by atoms with van der Waals surface area (Å²) in [6, 6.07) is 132. The van der Waals surface area contributed by atoms with Crippen molar-refractivity contribution in [3.05, 3.63) is 381 Å². The fourth-order valence-corrected chi connectivity index (χ4v) is 27.7. The van der Waals surface area contributed by atoms with Crippen molar-refractivity contribution in [1.29, 1.82) is 0 Å². The largest absolute Gasteiger partial charge is 0.492 e. The number of ether oxygens (including phenoxy) is 2. The number of hydrogen-bond donors (Lipinski definition) is 2. The third-order valence-corrected chi connectivity index (χ3v) is 32.1. The summed E-state index contributed by atoms with van der Waals surface area (Å²) in [5, 5.41) is 39.3. The SMILES string of the molecule is Brc1cccc2c1oc1ccc(-n3c4ccccc4c4ccccc43)cc12.OB(O)c1cccc2c1Oc1ccccc1[Si]2(c1ccccc1)c1ccccc1.c1ccc([Si]2(c3ccccc3)c3ccccc3Oc3c(-c4cccc5c4oc4ccc(-n6c7ccccc7c7ccccc76)cc45)cccc32)cc1. The predicted octanol–water partition coefficient (Wildman–Crippen LogP) is 18.1. The Bertz CT molecular complexity index is 6710. The van der Waals surface area contributed by atoms with Crippen LogP contribution < -0.4 is 56.4 Å². The third kappa shape index (κ3) is 10.2. The summed E-state index contributed by atoms with van der Waals surface area (Å²) in [5.41, 5.74) is 13.0. The van der Waals surface area contributed by atoms with Gasteiger partial charge >= 0.3 is 7.12 Å². The number of hydrogen-bond acceptors (Lipinski definition) is 6. The molecule has 0 fully saturated rings. The van der Waals surface area contributed by atoms with Crippen molar-refractivity contribution in [2.45, 2.75) is 0 Å². The number of furan rings is 2. The van der Waals surface area contributed by atoms with E-state index in [-0.39, 0.29) is 0 Å². The number of nitrogens with zero attached hydrogens (tertiary/aromatic N) is 2. The molecule has 2 N–H and O–H groups in total. The molecule has 20 aromatic rings. The molecule has 0 amide bonds. The zero-order valence-electron chi connectivity index (χ0n) is 58.2. The van der Waals surface area contributed by atoms with Gasteiger partial charge in [0, 0.05) is 71.1 Å². The van der Waals surface area contributed by atoms with Gasteiger partial charge in [0.2, 0.25) is 0 Å². The molecule has 0 bridgehead atoms. The van der Waals surface area contributed by atoms with E-state index in [1.54, 1.807) is 6.07 Å². The zero-order chi connectivity index (χ0) is 72.0. The number of aromatic nitrogens is 2. The average molecular weight is 1490 g/mol. The molecule has 0 saturated carbocycles. The molecule has 0 unspecified atom stereocenters. The highest BCUT2D eigenvalue weighted by Gasteiger charge is 2.50. The van der Waals surface area contributed by atoms with E-state index in [2.05, 4.69) is 353 Å². The van der Waals surface area contributed by atoms with E-state index < -0.39 is 23.3 Å². The highest BCUT2D eigenvalue weighted by atomic mass is 79.9. The van der Waals surface area contributed by atoms with Crippen LogP contribution in [0.5, 0.6) is 23.0 Å². The Morgan fingerprint density at radius 2 is 0.620 bits per heavy atom. The van der Waals surface area contributed by atoms with Gasteiger partial charge in [0.25, 0.3) is 0 Å². The van der Waals surface area contributed by atoms with Crippen LogP contribution in [0.3, 0.4) is 0 Å². The lowest BCUT2D eigenvalue weighted by atomic mass is 9.79. The van der Waals surface area contributed by atoms with Crippen LogP contribution in [0.25, 0.3) is 110 Å². The Hall–Kier alpha value is -12.8. The first-order chi connectivity index (χ1) is 53.3. The van der Waals surface area contributed by atoms with E-state index >= 15 is 0 Å². The predicted molar refractivity (Wildman–Crippen MR) is 453 cm³/mol. The van der Waals surface area contributed by atoms with Crippen molar-refractivity contribution in [3.8, 4) is 45.5 Å². The Morgan fingerprint density at radius 1 is 0.278 bits per heavy atom. The van der Waals surface area contributed by atoms with E-state index in [0.29, 0.717) is 11.2 Å². The minimum Gasteiger partial charge on any atom is -0.458 e. The van der Waals surface area contributed by atoms with E-state index in [1.807, 2.05) is 42.5 Å². The van der Waals surface area contributed by atoms with E-state index in [0.717, 1.165) is 98.5 Å². The molecule has 4 aromatic heterocycles. The molecule has 2 aliphatic rings. The Balaban J connectivity index is 0.000000116. The number of para-hydroxylation sites is 10. The summed E-state index contributed by atoms with van der Waals surface area (Å²) in [7, 11) is -7.09.